The third kappa shape index (κ3) is 1.17. The summed E-state index contributed by atoms with van der Waals surface area (Å²) in [6, 6.07) is 4.98. The zero-order valence-electron chi connectivity index (χ0n) is 6.82. The number of hydrogen-bond acceptors (Lipinski definition) is 3. The molecule has 1 heterocycles. The van der Waals surface area contributed by atoms with Crippen LogP contribution >= 0.6 is 15.9 Å². The van der Waals surface area contributed by atoms with Crippen molar-refractivity contribution in [3.05, 3.63) is 28.4 Å². The van der Waals surface area contributed by atoms with E-state index in [-0.39, 0.29) is 5.75 Å². The number of para-hydroxylation sites is 1. The molecule has 0 bridgehead atoms. The van der Waals surface area contributed by atoms with E-state index >= 15 is 0 Å². The molecule has 0 aliphatic rings. The second-order valence-electron chi connectivity index (χ2n) is 2.70. The molecule has 1 aromatic heterocycles. The number of fused-ring (bicyclic) bond motifs is 1. The molecule has 0 saturated carbocycles. The molecule has 2 rings (SSSR count). The first kappa shape index (κ1) is 9.08. The van der Waals surface area contributed by atoms with Gasteiger partial charge in [0.25, 0.3) is 5.76 Å². The van der Waals surface area contributed by atoms with Crippen molar-refractivity contribution < 1.29 is 19.4 Å². The fraction of sp³-hybridized carbons (Fsp3) is 0. The van der Waals surface area contributed by atoms with Crippen molar-refractivity contribution in [2.24, 2.45) is 0 Å². The highest BCUT2D eigenvalue weighted by atomic mass is 79.9. The summed E-state index contributed by atoms with van der Waals surface area (Å²) in [5, 5.41) is 18.6. The standard InChI is InChI=1S/C9H5BrO4/c10-5-3-1-2-4-6(11)8(9(12)13)14-7(4)5/h1-3,11H,(H,12,13). The van der Waals surface area contributed by atoms with Crippen molar-refractivity contribution in [1.29, 1.82) is 0 Å². The molecule has 5 heteroatoms. The Bertz CT molecular complexity index is 515. The zero-order chi connectivity index (χ0) is 10.3. The first-order chi connectivity index (χ1) is 6.61. The summed E-state index contributed by atoms with van der Waals surface area (Å²) >= 11 is 3.20. The van der Waals surface area contributed by atoms with Crippen molar-refractivity contribution in [3.8, 4) is 5.75 Å². The molecule has 72 valence electrons. The fourth-order valence-electron chi connectivity index (χ4n) is 1.22. The van der Waals surface area contributed by atoms with E-state index in [1.54, 1.807) is 18.2 Å². The minimum Gasteiger partial charge on any atom is -0.504 e. The Hall–Kier alpha value is -1.49. The van der Waals surface area contributed by atoms with Gasteiger partial charge in [-0.1, -0.05) is 6.07 Å². The average molecular weight is 257 g/mol. The van der Waals surface area contributed by atoms with E-state index in [1.807, 2.05) is 0 Å². The molecule has 2 aromatic rings. The lowest BCUT2D eigenvalue weighted by Gasteiger charge is -1.89. The molecule has 0 aliphatic heterocycles. The van der Waals surface area contributed by atoms with Gasteiger partial charge in [0, 0.05) is 0 Å². The first-order valence-corrected chi connectivity index (χ1v) is 4.54. The van der Waals surface area contributed by atoms with Gasteiger partial charge in [0.2, 0.25) is 0 Å². The van der Waals surface area contributed by atoms with Crippen LogP contribution in [-0.2, 0) is 0 Å². The first-order valence-electron chi connectivity index (χ1n) is 3.74. The zero-order valence-corrected chi connectivity index (χ0v) is 8.41. The third-order valence-corrected chi connectivity index (χ3v) is 2.46. The predicted molar refractivity (Wildman–Crippen MR) is 52.5 cm³/mol. The van der Waals surface area contributed by atoms with Crippen LogP contribution in [-0.4, -0.2) is 16.2 Å². The van der Waals surface area contributed by atoms with Crippen molar-refractivity contribution in [1.82, 2.24) is 0 Å². The molecule has 14 heavy (non-hydrogen) atoms. The van der Waals surface area contributed by atoms with E-state index in [1.165, 1.54) is 0 Å². The van der Waals surface area contributed by atoms with Crippen LogP contribution in [0.2, 0.25) is 0 Å². The number of carboxylic acid groups (broad SMARTS) is 1. The van der Waals surface area contributed by atoms with Gasteiger partial charge in [0.1, 0.15) is 0 Å². The molecule has 0 unspecified atom stereocenters. The monoisotopic (exact) mass is 256 g/mol. The second kappa shape index (κ2) is 3.02. The normalized spacial score (nSPS) is 10.6. The van der Waals surface area contributed by atoms with Gasteiger partial charge in [-0.15, -0.1) is 0 Å². The predicted octanol–water partition coefficient (Wildman–Crippen LogP) is 2.60. The molecular formula is C9H5BrO4. The van der Waals surface area contributed by atoms with Crippen LogP contribution in [0.25, 0.3) is 11.0 Å². The quantitative estimate of drug-likeness (QED) is 0.823. The molecule has 0 atom stereocenters. The van der Waals surface area contributed by atoms with E-state index in [9.17, 15) is 9.90 Å². The molecular weight excluding hydrogens is 252 g/mol. The van der Waals surface area contributed by atoms with Crippen LogP contribution in [0.3, 0.4) is 0 Å². The van der Waals surface area contributed by atoms with E-state index in [4.69, 9.17) is 9.52 Å². The van der Waals surface area contributed by atoms with Gasteiger partial charge in [0.05, 0.1) is 9.86 Å². The summed E-state index contributed by atoms with van der Waals surface area (Å²) in [5.74, 6) is -2.06. The highest BCUT2D eigenvalue weighted by molar-refractivity contribution is 9.10. The Kier molecular flexibility index (Phi) is 1.96. The molecule has 0 fully saturated rings. The molecule has 1 aromatic carbocycles. The van der Waals surface area contributed by atoms with Crippen molar-refractivity contribution in [3.63, 3.8) is 0 Å². The fourth-order valence-corrected chi connectivity index (χ4v) is 1.66. The topological polar surface area (TPSA) is 70.7 Å². The van der Waals surface area contributed by atoms with Crippen molar-refractivity contribution in [2.75, 3.05) is 0 Å². The lowest BCUT2D eigenvalue weighted by atomic mass is 10.2. The maximum absolute atomic E-state index is 10.6. The largest absolute Gasteiger partial charge is 0.504 e. The van der Waals surface area contributed by atoms with Gasteiger partial charge in [-0.3, -0.25) is 0 Å². The van der Waals surface area contributed by atoms with Crippen LogP contribution in [0.5, 0.6) is 5.75 Å². The highest BCUT2D eigenvalue weighted by Crippen LogP contribution is 2.35. The van der Waals surface area contributed by atoms with Crippen LogP contribution < -0.4 is 0 Å². The third-order valence-electron chi connectivity index (χ3n) is 1.84. The van der Waals surface area contributed by atoms with E-state index < -0.39 is 11.7 Å². The molecule has 0 spiro atoms. The number of aromatic carboxylic acids is 1. The summed E-state index contributed by atoms with van der Waals surface area (Å²) in [4.78, 5) is 10.6. The van der Waals surface area contributed by atoms with Crippen molar-refractivity contribution >= 4 is 32.9 Å². The number of furan rings is 1. The SMILES string of the molecule is O=C(O)c1oc2c(Br)cccc2c1O. The van der Waals surface area contributed by atoms with Crippen LogP contribution in [0, 0.1) is 0 Å². The lowest BCUT2D eigenvalue weighted by Crippen LogP contribution is -1.92. The summed E-state index contributed by atoms with van der Waals surface area (Å²) in [5.41, 5.74) is 0.336. The van der Waals surface area contributed by atoms with Crippen LogP contribution in [0.4, 0.5) is 0 Å². The molecule has 0 amide bonds. The van der Waals surface area contributed by atoms with Gasteiger partial charge in [-0.05, 0) is 28.1 Å². The number of rotatable bonds is 1. The summed E-state index contributed by atoms with van der Waals surface area (Å²) < 4.78 is 5.60. The Balaban J connectivity index is 2.86. The number of carboxylic acids is 1. The average Bonchev–Trinajstić information content (AvgIpc) is 2.46. The summed E-state index contributed by atoms with van der Waals surface area (Å²) in [6.45, 7) is 0. The van der Waals surface area contributed by atoms with E-state index in [0.717, 1.165) is 0 Å². The Morgan fingerprint density at radius 3 is 2.71 bits per heavy atom. The smallest absolute Gasteiger partial charge is 0.375 e. The Morgan fingerprint density at radius 2 is 2.14 bits per heavy atom. The highest BCUT2D eigenvalue weighted by Gasteiger charge is 2.20. The van der Waals surface area contributed by atoms with E-state index in [2.05, 4.69) is 15.9 Å². The maximum atomic E-state index is 10.6. The van der Waals surface area contributed by atoms with Gasteiger partial charge < -0.3 is 14.6 Å². The minimum absolute atomic E-state index is 0.336. The van der Waals surface area contributed by atoms with E-state index in [0.29, 0.717) is 15.4 Å². The minimum atomic E-state index is -1.29. The Labute approximate surface area is 86.9 Å². The van der Waals surface area contributed by atoms with Crippen LogP contribution in [0.1, 0.15) is 10.6 Å². The van der Waals surface area contributed by atoms with Crippen LogP contribution in [0.15, 0.2) is 27.1 Å². The number of hydrogen-bond donors (Lipinski definition) is 2. The molecule has 2 N–H and O–H groups in total. The Morgan fingerprint density at radius 1 is 1.43 bits per heavy atom. The second-order valence-corrected chi connectivity index (χ2v) is 3.56. The number of carbonyl (C=O) groups is 1. The van der Waals surface area contributed by atoms with Gasteiger partial charge >= 0.3 is 5.97 Å². The maximum Gasteiger partial charge on any atom is 0.375 e. The van der Waals surface area contributed by atoms with Gasteiger partial charge in [-0.2, -0.15) is 0 Å². The summed E-state index contributed by atoms with van der Waals surface area (Å²) in [7, 11) is 0. The number of benzene rings is 1. The molecule has 0 saturated heterocycles. The molecule has 0 aliphatic carbocycles. The van der Waals surface area contributed by atoms with Gasteiger partial charge in [0.15, 0.2) is 11.3 Å². The molecule has 0 radical (unpaired) electrons. The number of halogens is 1. The summed E-state index contributed by atoms with van der Waals surface area (Å²) in [6.07, 6.45) is 0. The lowest BCUT2D eigenvalue weighted by molar-refractivity contribution is 0.0660. The van der Waals surface area contributed by atoms with Crippen molar-refractivity contribution in [2.45, 2.75) is 0 Å². The molecule has 4 nitrogen and oxygen atoms in total. The number of aromatic hydroxyl groups is 1. The van der Waals surface area contributed by atoms with Gasteiger partial charge in [-0.25, -0.2) is 4.79 Å².